The van der Waals surface area contributed by atoms with Crippen LogP contribution in [0.15, 0.2) is 47.4 Å². The summed E-state index contributed by atoms with van der Waals surface area (Å²) < 4.78 is 46.0. The van der Waals surface area contributed by atoms with Gasteiger partial charge in [0.05, 0.1) is 17.6 Å². The molecule has 0 aromatic heterocycles. The van der Waals surface area contributed by atoms with Crippen molar-refractivity contribution in [1.82, 2.24) is 4.90 Å². The molecule has 2 aromatic carbocycles. The Morgan fingerprint density at radius 3 is 2.69 bits per heavy atom. The van der Waals surface area contributed by atoms with E-state index in [-0.39, 0.29) is 30.9 Å². The first kappa shape index (κ1) is 23.0. The third kappa shape index (κ3) is 4.23. The monoisotopic (exact) mass is 481 g/mol. The van der Waals surface area contributed by atoms with Crippen LogP contribution in [-0.2, 0) is 25.7 Å². The highest BCUT2D eigenvalue weighted by Gasteiger charge is 2.49. The van der Waals surface area contributed by atoms with Crippen LogP contribution < -0.4 is 0 Å². The number of amides is 1. The number of ether oxygens (including phenoxy) is 1. The lowest BCUT2D eigenvalue weighted by Gasteiger charge is -2.38. The molecule has 9 heteroatoms. The summed E-state index contributed by atoms with van der Waals surface area (Å²) in [7, 11) is -3.97. The van der Waals surface area contributed by atoms with E-state index >= 15 is 0 Å². The highest BCUT2D eigenvalue weighted by molar-refractivity contribution is 7.92. The molecule has 1 aliphatic heterocycles. The second-order valence-corrected chi connectivity index (χ2v) is 11.1. The number of hydrogen-bond donors (Lipinski definition) is 1. The Hall–Kier alpha value is -2.16. The topological polar surface area (TPSA) is 83.9 Å². The third-order valence-corrected chi connectivity index (χ3v) is 9.18. The van der Waals surface area contributed by atoms with Crippen LogP contribution in [0.25, 0.3) is 0 Å². The van der Waals surface area contributed by atoms with E-state index in [1.807, 2.05) is 0 Å². The molecule has 2 aromatic rings. The Kier molecular flexibility index (Phi) is 6.47. The van der Waals surface area contributed by atoms with Crippen molar-refractivity contribution < 1.29 is 27.4 Å². The number of aliphatic hydroxyl groups excluding tert-OH is 1. The molecule has 32 heavy (non-hydrogen) atoms. The molecule has 6 nitrogen and oxygen atoms in total. The van der Waals surface area contributed by atoms with Gasteiger partial charge in [0.2, 0.25) is 0 Å². The Morgan fingerprint density at radius 2 is 2.00 bits per heavy atom. The molecule has 1 aliphatic carbocycles. The molecule has 0 saturated carbocycles. The molecule has 1 amide bonds. The number of aliphatic hydroxyl groups is 1. The summed E-state index contributed by atoms with van der Waals surface area (Å²) >= 11 is 5.95. The number of likely N-dealkylation sites (tertiary alicyclic amines) is 1. The van der Waals surface area contributed by atoms with Crippen LogP contribution in [0, 0.1) is 5.82 Å². The van der Waals surface area contributed by atoms with Gasteiger partial charge >= 0.3 is 6.09 Å². The Morgan fingerprint density at radius 1 is 1.25 bits per heavy atom. The van der Waals surface area contributed by atoms with Gasteiger partial charge in [-0.15, -0.1) is 0 Å². The summed E-state index contributed by atoms with van der Waals surface area (Å²) in [6.45, 7) is 0.442. The average molecular weight is 482 g/mol. The van der Waals surface area contributed by atoms with Crippen LogP contribution in [0.3, 0.4) is 0 Å². The number of fused-ring (bicyclic) bond motifs is 1. The number of hydrogen-bond acceptors (Lipinski definition) is 5. The fraction of sp³-hybridized carbons (Fsp3) is 0.435. The molecule has 1 saturated heterocycles. The number of benzene rings is 2. The molecule has 0 radical (unpaired) electrons. The van der Waals surface area contributed by atoms with Crippen molar-refractivity contribution in [2.24, 2.45) is 0 Å². The molecule has 1 heterocycles. The normalized spacial score (nSPS) is 23.1. The van der Waals surface area contributed by atoms with Gasteiger partial charge < -0.3 is 14.7 Å². The first-order valence-corrected chi connectivity index (χ1v) is 12.5. The van der Waals surface area contributed by atoms with Gasteiger partial charge in [-0.05, 0) is 73.2 Å². The number of aryl methyl sites for hydroxylation is 1. The summed E-state index contributed by atoms with van der Waals surface area (Å²) in [5.41, 5.74) is 1.20. The minimum absolute atomic E-state index is 0.00343. The van der Waals surface area contributed by atoms with E-state index in [1.165, 1.54) is 41.3 Å². The largest absolute Gasteiger partial charge is 0.449 e. The fourth-order valence-corrected chi connectivity index (χ4v) is 7.02. The van der Waals surface area contributed by atoms with Crippen LogP contribution in [0.1, 0.15) is 36.8 Å². The van der Waals surface area contributed by atoms with Crippen molar-refractivity contribution in [3.8, 4) is 0 Å². The average Bonchev–Trinajstić information content (AvgIpc) is 3.20. The van der Waals surface area contributed by atoms with E-state index in [0.717, 1.165) is 5.56 Å². The molecule has 2 aliphatic rings. The van der Waals surface area contributed by atoms with Crippen LogP contribution in [0.5, 0.6) is 0 Å². The Labute approximate surface area is 191 Å². The molecule has 1 N–H and O–H groups in total. The van der Waals surface area contributed by atoms with Gasteiger partial charge in [0.1, 0.15) is 10.6 Å². The quantitative estimate of drug-likeness (QED) is 0.695. The maximum atomic E-state index is 14.2. The van der Waals surface area contributed by atoms with Crippen LogP contribution in [0.4, 0.5) is 9.18 Å². The highest BCUT2D eigenvalue weighted by atomic mass is 35.5. The van der Waals surface area contributed by atoms with Crippen molar-refractivity contribution in [2.45, 2.75) is 47.9 Å². The van der Waals surface area contributed by atoms with E-state index < -0.39 is 32.6 Å². The number of nitrogens with zero attached hydrogens (tertiary/aromatic N) is 1. The third-order valence-electron chi connectivity index (χ3n) is 6.38. The molecule has 2 atom stereocenters. The van der Waals surface area contributed by atoms with Crippen molar-refractivity contribution in [1.29, 1.82) is 0 Å². The zero-order chi connectivity index (χ0) is 22.9. The molecule has 4 rings (SSSR count). The minimum Gasteiger partial charge on any atom is -0.449 e. The number of β-amino-alcohol motifs (C(OH)–C–C–N with tert-alkyl or cyclic N) is 1. The second kappa shape index (κ2) is 9.00. The van der Waals surface area contributed by atoms with Crippen molar-refractivity contribution in [3.63, 3.8) is 0 Å². The molecular weight excluding hydrogens is 457 g/mol. The predicted octanol–water partition coefficient (Wildman–Crippen LogP) is 4.08. The van der Waals surface area contributed by atoms with E-state index in [0.29, 0.717) is 36.4 Å². The number of halogens is 2. The SMILES string of the molecule is O=C(OCCC1(S(=O)(=O)c2ccc(Cl)cc2)CCCc2ccc(F)cc21)N1CCC(O)C1. The standard InChI is InChI=1S/C23H25ClFNO5S/c24-17-4-7-20(8-5-17)32(29,30)23(10-1-2-16-3-6-18(25)14-21(16)23)11-13-31-22(28)26-12-9-19(27)15-26/h3-8,14,19,27H,1-2,9-13,15H2. The fourth-order valence-electron chi connectivity index (χ4n) is 4.70. The van der Waals surface area contributed by atoms with Gasteiger partial charge in [-0.25, -0.2) is 17.6 Å². The first-order chi connectivity index (χ1) is 15.2. The first-order valence-electron chi connectivity index (χ1n) is 10.6. The zero-order valence-corrected chi connectivity index (χ0v) is 19.0. The molecular formula is C23H25ClFNO5S. The molecule has 1 fully saturated rings. The van der Waals surface area contributed by atoms with Crippen molar-refractivity contribution >= 4 is 27.5 Å². The lowest BCUT2D eigenvalue weighted by atomic mass is 9.80. The summed E-state index contributed by atoms with van der Waals surface area (Å²) in [6.07, 6.45) is 0.862. The van der Waals surface area contributed by atoms with Crippen LogP contribution >= 0.6 is 11.6 Å². The molecule has 0 spiro atoms. The molecule has 172 valence electrons. The van der Waals surface area contributed by atoms with E-state index in [9.17, 15) is 22.7 Å². The number of rotatable bonds is 5. The number of sulfone groups is 1. The predicted molar refractivity (Wildman–Crippen MR) is 118 cm³/mol. The number of carbonyl (C=O) groups excluding carboxylic acids is 1. The van der Waals surface area contributed by atoms with Gasteiger partial charge in [0, 0.05) is 24.5 Å². The van der Waals surface area contributed by atoms with Crippen molar-refractivity contribution in [2.75, 3.05) is 19.7 Å². The summed E-state index contributed by atoms with van der Waals surface area (Å²) in [5.74, 6) is -0.510. The zero-order valence-electron chi connectivity index (χ0n) is 17.5. The summed E-state index contributed by atoms with van der Waals surface area (Å²) in [6, 6.07) is 10.2. The van der Waals surface area contributed by atoms with Gasteiger partial charge in [-0.2, -0.15) is 0 Å². The van der Waals surface area contributed by atoms with E-state index in [1.54, 1.807) is 6.07 Å². The Bertz CT molecular complexity index is 1110. The second-order valence-electron chi connectivity index (χ2n) is 8.36. The number of carbonyl (C=O) groups is 1. The van der Waals surface area contributed by atoms with Crippen LogP contribution in [0.2, 0.25) is 5.02 Å². The Balaban J connectivity index is 1.68. The van der Waals surface area contributed by atoms with Gasteiger partial charge in [0.25, 0.3) is 0 Å². The maximum Gasteiger partial charge on any atom is 0.409 e. The van der Waals surface area contributed by atoms with Gasteiger partial charge in [-0.3, -0.25) is 0 Å². The lowest BCUT2D eigenvalue weighted by molar-refractivity contribution is 0.0978. The maximum absolute atomic E-state index is 14.2. The smallest absolute Gasteiger partial charge is 0.409 e. The van der Waals surface area contributed by atoms with E-state index in [2.05, 4.69) is 0 Å². The lowest BCUT2D eigenvalue weighted by Crippen LogP contribution is -2.41. The summed E-state index contributed by atoms with van der Waals surface area (Å²) in [5, 5.41) is 10.0. The van der Waals surface area contributed by atoms with Crippen molar-refractivity contribution in [3.05, 3.63) is 64.4 Å². The summed E-state index contributed by atoms with van der Waals surface area (Å²) in [4.78, 5) is 13.9. The van der Waals surface area contributed by atoms with Crippen LogP contribution in [-0.4, -0.2) is 50.3 Å². The van der Waals surface area contributed by atoms with Gasteiger partial charge in [0.15, 0.2) is 9.84 Å². The molecule has 0 bridgehead atoms. The molecule has 2 unspecified atom stereocenters. The van der Waals surface area contributed by atoms with Gasteiger partial charge in [-0.1, -0.05) is 17.7 Å². The minimum atomic E-state index is -3.97. The van der Waals surface area contributed by atoms with E-state index in [4.69, 9.17) is 16.3 Å². The highest BCUT2D eigenvalue weighted by Crippen LogP contribution is 2.47.